The van der Waals surface area contributed by atoms with Crippen LogP contribution in [0.1, 0.15) is 31.7 Å². The number of likely N-dealkylation sites (N-methyl/N-ethyl adjacent to an activating group) is 1. The van der Waals surface area contributed by atoms with E-state index in [9.17, 15) is 9.59 Å². The van der Waals surface area contributed by atoms with Crippen molar-refractivity contribution in [1.29, 1.82) is 0 Å². The van der Waals surface area contributed by atoms with Crippen molar-refractivity contribution < 1.29 is 9.59 Å². The van der Waals surface area contributed by atoms with E-state index in [4.69, 9.17) is 0 Å². The maximum Gasteiger partial charge on any atom is 0.317 e. The molecule has 2 fully saturated rings. The quantitative estimate of drug-likeness (QED) is 0.879. The first kappa shape index (κ1) is 19.7. The van der Waals surface area contributed by atoms with Gasteiger partial charge in [0.2, 0.25) is 5.91 Å². The van der Waals surface area contributed by atoms with Crippen molar-refractivity contribution >= 4 is 11.9 Å². The van der Waals surface area contributed by atoms with E-state index >= 15 is 0 Å². The standard InChI is InChI=1S/C21H32N4O2/c1-3-24-14-12-21(11-9-19(24)26)17-25(16-15-23(21)2)20(27)22-13-10-18-7-5-4-6-8-18/h4-8H,3,9-17H2,1-2H3,(H,22,27)/t21-/m1/s1. The number of carbonyl (C=O) groups is 2. The van der Waals surface area contributed by atoms with Crippen LogP contribution in [0.25, 0.3) is 0 Å². The summed E-state index contributed by atoms with van der Waals surface area (Å²) in [6.07, 6.45) is 3.16. The van der Waals surface area contributed by atoms with Gasteiger partial charge in [0, 0.05) is 51.2 Å². The predicted molar refractivity (Wildman–Crippen MR) is 107 cm³/mol. The van der Waals surface area contributed by atoms with E-state index in [2.05, 4.69) is 29.4 Å². The molecule has 27 heavy (non-hydrogen) atoms. The van der Waals surface area contributed by atoms with Crippen molar-refractivity contribution in [3.05, 3.63) is 35.9 Å². The second-order valence-electron chi connectivity index (χ2n) is 7.76. The van der Waals surface area contributed by atoms with Gasteiger partial charge in [-0.2, -0.15) is 0 Å². The summed E-state index contributed by atoms with van der Waals surface area (Å²) in [6.45, 7) is 6.52. The first-order chi connectivity index (χ1) is 13.0. The summed E-state index contributed by atoms with van der Waals surface area (Å²) in [5, 5.41) is 3.07. The summed E-state index contributed by atoms with van der Waals surface area (Å²) in [5.74, 6) is 0.243. The molecule has 1 N–H and O–H groups in total. The van der Waals surface area contributed by atoms with Crippen LogP contribution < -0.4 is 5.32 Å². The lowest BCUT2D eigenvalue weighted by Crippen LogP contribution is -2.63. The van der Waals surface area contributed by atoms with Crippen molar-refractivity contribution in [3.63, 3.8) is 0 Å². The molecule has 3 rings (SSSR count). The van der Waals surface area contributed by atoms with Crippen molar-refractivity contribution in [2.75, 3.05) is 46.3 Å². The number of hydrogen-bond acceptors (Lipinski definition) is 3. The molecule has 2 aliphatic heterocycles. The average molecular weight is 373 g/mol. The lowest BCUT2D eigenvalue weighted by molar-refractivity contribution is -0.130. The molecule has 0 radical (unpaired) electrons. The third-order valence-electron chi connectivity index (χ3n) is 6.21. The molecule has 2 heterocycles. The number of piperazine rings is 1. The molecule has 1 spiro atoms. The van der Waals surface area contributed by atoms with E-state index in [1.807, 2.05) is 34.9 Å². The Kier molecular flexibility index (Phi) is 6.37. The maximum atomic E-state index is 12.7. The highest BCUT2D eigenvalue weighted by Crippen LogP contribution is 2.32. The first-order valence-corrected chi connectivity index (χ1v) is 10.1. The highest BCUT2D eigenvalue weighted by atomic mass is 16.2. The van der Waals surface area contributed by atoms with Gasteiger partial charge in [-0.05, 0) is 38.8 Å². The number of hydrogen-bond donors (Lipinski definition) is 1. The van der Waals surface area contributed by atoms with Crippen LogP contribution in [0.2, 0.25) is 0 Å². The lowest BCUT2D eigenvalue weighted by atomic mass is 9.86. The minimum Gasteiger partial charge on any atom is -0.343 e. The van der Waals surface area contributed by atoms with Gasteiger partial charge in [0.1, 0.15) is 0 Å². The van der Waals surface area contributed by atoms with Gasteiger partial charge in [-0.1, -0.05) is 30.3 Å². The van der Waals surface area contributed by atoms with Crippen molar-refractivity contribution in [2.24, 2.45) is 0 Å². The molecule has 0 unspecified atom stereocenters. The Morgan fingerprint density at radius 2 is 1.93 bits per heavy atom. The Morgan fingerprint density at radius 1 is 1.15 bits per heavy atom. The summed E-state index contributed by atoms with van der Waals surface area (Å²) >= 11 is 0. The summed E-state index contributed by atoms with van der Waals surface area (Å²) < 4.78 is 0. The number of carbonyl (C=O) groups excluding carboxylic acids is 2. The van der Waals surface area contributed by atoms with Crippen LogP contribution in [-0.4, -0.2) is 78.5 Å². The summed E-state index contributed by atoms with van der Waals surface area (Å²) in [4.78, 5) is 31.3. The minimum absolute atomic E-state index is 0.0151. The van der Waals surface area contributed by atoms with Crippen LogP contribution in [0.15, 0.2) is 30.3 Å². The fourth-order valence-electron chi connectivity index (χ4n) is 4.27. The van der Waals surface area contributed by atoms with Gasteiger partial charge in [-0.15, -0.1) is 0 Å². The second-order valence-corrected chi connectivity index (χ2v) is 7.76. The van der Waals surface area contributed by atoms with Crippen LogP contribution in [0.3, 0.4) is 0 Å². The molecular weight excluding hydrogens is 340 g/mol. The fraction of sp³-hybridized carbons (Fsp3) is 0.619. The number of amides is 3. The van der Waals surface area contributed by atoms with E-state index in [0.717, 1.165) is 45.4 Å². The molecule has 1 aromatic rings. The largest absolute Gasteiger partial charge is 0.343 e. The molecule has 2 saturated heterocycles. The third-order valence-corrected chi connectivity index (χ3v) is 6.21. The van der Waals surface area contributed by atoms with Gasteiger partial charge in [0.25, 0.3) is 0 Å². The summed E-state index contributed by atoms with van der Waals surface area (Å²) in [7, 11) is 2.14. The van der Waals surface area contributed by atoms with E-state index in [1.165, 1.54) is 5.56 Å². The Morgan fingerprint density at radius 3 is 2.67 bits per heavy atom. The van der Waals surface area contributed by atoms with Gasteiger partial charge >= 0.3 is 6.03 Å². The highest BCUT2D eigenvalue weighted by Gasteiger charge is 2.43. The zero-order chi connectivity index (χ0) is 19.3. The SMILES string of the molecule is CCN1CC[C@]2(CCC1=O)CN(C(=O)NCCc1ccccc1)CCN2C. The van der Waals surface area contributed by atoms with Gasteiger partial charge in [-0.25, -0.2) is 4.79 Å². The molecule has 6 heteroatoms. The monoisotopic (exact) mass is 372 g/mol. The second kappa shape index (κ2) is 8.74. The molecular formula is C21H32N4O2. The zero-order valence-electron chi connectivity index (χ0n) is 16.6. The Bertz CT molecular complexity index is 651. The van der Waals surface area contributed by atoms with Crippen molar-refractivity contribution in [1.82, 2.24) is 20.0 Å². The van der Waals surface area contributed by atoms with Gasteiger partial charge in [0.05, 0.1) is 0 Å². The number of rotatable bonds is 4. The van der Waals surface area contributed by atoms with Crippen molar-refractivity contribution in [2.45, 2.75) is 38.1 Å². The van der Waals surface area contributed by atoms with Crippen LogP contribution in [0.4, 0.5) is 4.79 Å². The minimum atomic E-state index is -0.0887. The summed E-state index contributed by atoms with van der Waals surface area (Å²) in [6, 6.07) is 10.2. The first-order valence-electron chi connectivity index (χ1n) is 10.1. The van der Waals surface area contributed by atoms with E-state index in [0.29, 0.717) is 19.5 Å². The number of likely N-dealkylation sites (tertiary alicyclic amines) is 1. The van der Waals surface area contributed by atoms with Crippen LogP contribution in [-0.2, 0) is 11.2 Å². The summed E-state index contributed by atoms with van der Waals surface area (Å²) in [5.41, 5.74) is 1.14. The lowest BCUT2D eigenvalue weighted by Gasteiger charge is -2.49. The molecule has 0 saturated carbocycles. The third kappa shape index (κ3) is 4.61. The van der Waals surface area contributed by atoms with Crippen molar-refractivity contribution in [3.8, 4) is 0 Å². The molecule has 148 valence electrons. The number of nitrogens with zero attached hydrogens (tertiary/aromatic N) is 3. The van der Waals surface area contributed by atoms with Crippen LogP contribution >= 0.6 is 0 Å². The maximum absolute atomic E-state index is 12.7. The topological polar surface area (TPSA) is 55.9 Å². The number of benzene rings is 1. The Labute approximate surface area is 162 Å². The predicted octanol–water partition coefficient (Wildman–Crippen LogP) is 1.96. The molecule has 1 aromatic carbocycles. The zero-order valence-corrected chi connectivity index (χ0v) is 16.6. The molecule has 1 atom stereocenters. The van der Waals surface area contributed by atoms with E-state index < -0.39 is 0 Å². The Balaban J connectivity index is 1.57. The normalized spacial score (nSPS) is 24.1. The van der Waals surface area contributed by atoms with Crippen LogP contribution in [0.5, 0.6) is 0 Å². The van der Waals surface area contributed by atoms with Gasteiger partial charge in [-0.3, -0.25) is 9.69 Å². The molecule has 6 nitrogen and oxygen atoms in total. The van der Waals surface area contributed by atoms with Gasteiger partial charge in [0.15, 0.2) is 0 Å². The van der Waals surface area contributed by atoms with E-state index in [-0.39, 0.29) is 17.5 Å². The molecule has 3 amide bonds. The highest BCUT2D eigenvalue weighted by molar-refractivity contribution is 5.77. The molecule has 0 aromatic heterocycles. The number of nitrogens with one attached hydrogen (secondary N) is 1. The van der Waals surface area contributed by atoms with Gasteiger partial charge < -0.3 is 15.1 Å². The van der Waals surface area contributed by atoms with E-state index in [1.54, 1.807) is 0 Å². The molecule has 0 bridgehead atoms. The molecule has 2 aliphatic rings. The average Bonchev–Trinajstić information content (AvgIpc) is 2.84. The Hall–Kier alpha value is -2.08. The van der Waals surface area contributed by atoms with Crippen LogP contribution in [0, 0.1) is 0 Å². The number of urea groups is 1. The smallest absolute Gasteiger partial charge is 0.317 e. The fourth-order valence-corrected chi connectivity index (χ4v) is 4.27. The molecule has 0 aliphatic carbocycles.